The summed E-state index contributed by atoms with van der Waals surface area (Å²) in [5, 5.41) is 0.997. The number of fused-ring (bicyclic) bond motifs is 3. The van der Waals surface area contributed by atoms with Crippen LogP contribution in [0.15, 0.2) is 24.3 Å². The molecule has 134 valence electrons. The van der Waals surface area contributed by atoms with Crippen LogP contribution in [-0.4, -0.2) is 34.5 Å². The number of aryl methyl sites for hydroxylation is 1. The molecule has 25 heavy (non-hydrogen) atoms. The zero-order valence-electron chi connectivity index (χ0n) is 15.0. The molecule has 0 spiro atoms. The number of benzene rings is 1. The lowest BCUT2D eigenvalue weighted by molar-refractivity contribution is 0.0398. The molecule has 6 heteroatoms. The number of imidazole rings is 1. The highest BCUT2D eigenvalue weighted by Gasteiger charge is 2.18. The molecule has 6 nitrogen and oxygen atoms in total. The van der Waals surface area contributed by atoms with Crippen molar-refractivity contribution in [2.24, 2.45) is 0 Å². The fraction of sp³-hybridized carbons (Fsp3) is 0.474. The Kier molecular flexibility index (Phi) is 5.71. The van der Waals surface area contributed by atoms with Crippen molar-refractivity contribution in [1.29, 1.82) is 0 Å². The zero-order valence-corrected chi connectivity index (χ0v) is 15.0. The quantitative estimate of drug-likeness (QED) is 0.604. The van der Waals surface area contributed by atoms with Gasteiger partial charge >= 0.3 is 0 Å². The van der Waals surface area contributed by atoms with Crippen molar-refractivity contribution in [3.05, 3.63) is 30.1 Å². The molecule has 0 unspecified atom stereocenters. The van der Waals surface area contributed by atoms with Crippen LogP contribution in [0.2, 0.25) is 0 Å². The van der Waals surface area contributed by atoms with Crippen molar-refractivity contribution in [2.75, 3.05) is 25.6 Å². The molecule has 0 aliphatic rings. The van der Waals surface area contributed by atoms with E-state index < -0.39 is 0 Å². The Labute approximate surface area is 147 Å². The van der Waals surface area contributed by atoms with E-state index in [-0.39, 0.29) is 0 Å². The minimum Gasteiger partial charge on any atom is -0.410 e. The molecule has 2 heterocycles. The van der Waals surface area contributed by atoms with Gasteiger partial charge in [0.1, 0.15) is 23.5 Å². The molecule has 3 rings (SSSR count). The van der Waals surface area contributed by atoms with Crippen molar-refractivity contribution in [3.8, 4) is 0 Å². The number of ether oxygens (including phenoxy) is 1. The monoisotopic (exact) mass is 342 g/mol. The van der Waals surface area contributed by atoms with Gasteiger partial charge in [0.15, 0.2) is 5.82 Å². The number of hydrogen-bond acceptors (Lipinski definition) is 5. The summed E-state index contributed by atoms with van der Waals surface area (Å²) in [4.78, 5) is 15.2. The predicted octanol–water partition coefficient (Wildman–Crippen LogP) is 3.36. The third-order valence-electron chi connectivity index (χ3n) is 4.10. The number of nitrogen functional groups attached to an aromatic ring is 1. The molecular weight excluding hydrogens is 316 g/mol. The Morgan fingerprint density at radius 1 is 1.04 bits per heavy atom. The minimum atomic E-state index is 0.441. The number of unbranched alkanes of at least 4 members (excludes halogenated alkanes) is 1. The van der Waals surface area contributed by atoms with E-state index in [4.69, 9.17) is 20.3 Å². The molecule has 1 aromatic carbocycles. The Morgan fingerprint density at radius 3 is 2.68 bits per heavy atom. The van der Waals surface area contributed by atoms with Gasteiger partial charge in [0.05, 0.1) is 12.1 Å². The Hall–Kier alpha value is -2.34. The van der Waals surface area contributed by atoms with Crippen molar-refractivity contribution in [3.63, 3.8) is 0 Å². The van der Waals surface area contributed by atoms with Gasteiger partial charge in [0.25, 0.3) is 0 Å². The highest BCUT2D eigenvalue weighted by molar-refractivity contribution is 6.06. The van der Waals surface area contributed by atoms with Gasteiger partial charge in [0, 0.05) is 18.4 Å². The molecule has 2 aromatic heterocycles. The lowest BCUT2D eigenvalue weighted by atomic mass is 10.2. The second-order valence-electron chi connectivity index (χ2n) is 6.08. The maximum absolute atomic E-state index is 6.16. The van der Waals surface area contributed by atoms with Gasteiger partial charge in [-0.2, -0.15) is 4.73 Å². The van der Waals surface area contributed by atoms with Gasteiger partial charge < -0.3 is 15.3 Å². The smallest absolute Gasteiger partial charge is 0.152 e. The van der Waals surface area contributed by atoms with Crippen LogP contribution in [0.3, 0.4) is 0 Å². The van der Waals surface area contributed by atoms with Crippen LogP contribution in [0.1, 0.15) is 38.9 Å². The van der Waals surface area contributed by atoms with Crippen LogP contribution in [0.5, 0.6) is 0 Å². The largest absolute Gasteiger partial charge is 0.410 e. The molecule has 0 bridgehead atoms. The molecule has 0 aliphatic carbocycles. The summed E-state index contributed by atoms with van der Waals surface area (Å²) >= 11 is 0. The van der Waals surface area contributed by atoms with Crippen molar-refractivity contribution >= 4 is 27.8 Å². The van der Waals surface area contributed by atoms with Crippen LogP contribution in [0.4, 0.5) is 5.82 Å². The summed E-state index contributed by atoms with van der Waals surface area (Å²) in [7, 11) is 0. The molecule has 0 atom stereocenters. The van der Waals surface area contributed by atoms with Crippen LogP contribution in [0, 0.1) is 0 Å². The molecular formula is C19H26N4O2. The maximum Gasteiger partial charge on any atom is 0.152 e. The molecule has 2 N–H and O–H groups in total. The lowest BCUT2D eigenvalue weighted by Crippen LogP contribution is -2.19. The fourth-order valence-corrected chi connectivity index (χ4v) is 2.89. The number of aromatic nitrogens is 3. The third-order valence-corrected chi connectivity index (χ3v) is 4.10. The van der Waals surface area contributed by atoms with E-state index in [0.29, 0.717) is 24.5 Å². The average Bonchev–Trinajstić information content (AvgIpc) is 2.99. The van der Waals surface area contributed by atoms with Crippen molar-refractivity contribution < 1.29 is 9.57 Å². The summed E-state index contributed by atoms with van der Waals surface area (Å²) in [6.07, 6.45) is 3.99. The summed E-state index contributed by atoms with van der Waals surface area (Å²) < 4.78 is 7.36. The van der Waals surface area contributed by atoms with E-state index in [1.54, 1.807) is 0 Å². The summed E-state index contributed by atoms with van der Waals surface area (Å²) in [6.45, 7) is 6.03. The second kappa shape index (κ2) is 8.16. The summed E-state index contributed by atoms with van der Waals surface area (Å²) in [6, 6.07) is 7.94. The Morgan fingerprint density at radius 2 is 1.88 bits per heavy atom. The zero-order chi connectivity index (χ0) is 17.6. The number of pyridine rings is 1. The van der Waals surface area contributed by atoms with E-state index in [1.165, 1.54) is 0 Å². The van der Waals surface area contributed by atoms with Crippen molar-refractivity contribution in [2.45, 2.75) is 39.5 Å². The van der Waals surface area contributed by atoms with Gasteiger partial charge in [-0.05, 0) is 18.9 Å². The molecule has 0 saturated carbocycles. The number of rotatable bonds is 9. The molecule has 3 aromatic rings. The first-order valence-corrected chi connectivity index (χ1v) is 9.02. The maximum atomic E-state index is 6.16. The van der Waals surface area contributed by atoms with Crippen LogP contribution >= 0.6 is 0 Å². The number of hydrogen-bond donors (Lipinski definition) is 1. The minimum absolute atomic E-state index is 0.441. The van der Waals surface area contributed by atoms with Gasteiger partial charge in [-0.15, -0.1) is 0 Å². The first-order valence-electron chi connectivity index (χ1n) is 9.02. The first kappa shape index (κ1) is 17.5. The molecule has 0 aliphatic heterocycles. The SMILES string of the molecule is CCCCc1nc2c(N)nc3ccccc3c2n1OCCOCCC. The van der Waals surface area contributed by atoms with E-state index in [0.717, 1.165) is 54.5 Å². The molecule has 0 amide bonds. The van der Waals surface area contributed by atoms with Gasteiger partial charge in [-0.25, -0.2) is 9.97 Å². The third kappa shape index (κ3) is 3.69. The fourth-order valence-electron chi connectivity index (χ4n) is 2.89. The highest BCUT2D eigenvalue weighted by Crippen LogP contribution is 2.28. The average molecular weight is 342 g/mol. The number of nitrogens with two attached hydrogens (primary N) is 1. The highest BCUT2D eigenvalue weighted by atomic mass is 16.7. The van der Waals surface area contributed by atoms with Crippen LogP contribution in [-0.2, 0) is 11.2 Å². The van der Waals surface area contributed by atoms with Crippen LogP contribution < -0.4 is 10.6 Å². The summed E-state index contributed by atoms with van der Waals surface area (Å²) in [5.41, 5.74) is 8.61. The standard InChI is InChI=1S/C19H26N4O2/c1-3-5-10-16-22-17-18(23(16)25-13-12-24-11-4-2)14-8-6-7-9-15(14)21-19(17)20/h6-9H,3-5,10-13H2,1-2H3,(H2,20,21). The van der Waals surface area contributed by atoms with Gasteiger partial charge in [-0.1, -0.05) is 38.5 Å². The van der Waals surface area contributed by atoms with E-state index in [2.05, 4.69) is 18.8 Å². The van der Waals surface area contributed by atoms with Gasteiger partial charge in [-0.3, -0.25) is 0 Å². The Balaban J connectivity index is 2.02. The lowest BCUT2D eigenvalue weighted by Gasteiger charge is -2.12. The number of nitrogens with zero attached hydrogens (tertiary/aromatic N) is 3. The number of para-hydroxylation sites is 1. The van der Waals surface area contributed by atoms with E-state index in [1.807, 2.05) is 29.0 Å². The predicted molar refractivity (Wildman–Crippen MR) is 101 cm³/mol. The number of anilines is 1. The van der Waals surface area contributed by atoms with Gasteiger partial charge in [0.2, 0.25) is 0 Å². The first-order chi connectivity index (χ1) is 12.3. The molecule has 0 saturated heterocycles. The van der Waals surface area contributed by atoms with E-state index in [9.17, 15) is 0 Å². The van der Waals surface area contributed by atoms with E-state index >= 15 is 0 Å². The summed E-state index contributed by atoms with van der Waals surface area (Å²) in [5.74, 6) is 1.33. The van der Waals surface area contributed by atoms with Crippen LogP contribution in [0.25, 0.3) is 21.9 Å². The molecule has 0 fully saturated rings. The Bertz CT molecular complexity index is 844. The van der Waals surface area contributed by atoms with Crippen molar-refractivity contribution in [1.82, 2.24) is 14.7 Å². The topological polar surface area (TPSA) is 75.2 Å². The normalized spacial score (nSPS) is 11.4. The molecule has 0 radical (unpaired) electrons. The second-order valence-corrected chi connectivity index (χ2v) is 6.08.